The molecule has 0 aliphatic carbocycles. The molecule has 0 saturated carbocycles. The van der Waals surface area contributed by atoms with E-state index in [0.717, 1.165) is 11.1 Å². The SMILES string of the molecule is C=Cc1cc(-c2noc(C)n2)ccc1C. The lowest BCUT2D eigenvalue weighted by molar-refractivity contribution is 0.394. The summed E-state index contributed by atoms with van der Waals surface area (Å²) in [6.07, 6.45) is 1.83. The summed E-state index contributed by atoms with van der Waals surface area (Å²) >= 11 is 0. The molecule has 0 saturated heterocycles. The van der Waals surface area contributed by atoms with Crippen molar-refractivity contribution in [3.05, 3.63) is 41.8 Å². The average molecular weight is 200 g/mol. The highest BCUT2D eigenvalue weighted by molar-refractivity contribution is 5.63. The van der Waals surface area contributed by atoms with Gasteiger partial charge >= 0.3 is 0 Å². The highest BCUT2D eigenvalue weighted by Gasteiger charge is 2.06. The average Bonchev–Trinajstić information content (AvgIpc) is 2.66. The lowest BCUT2D eigenvalue weighted by Crippen LogP contribution is -1.85. The fraction of sp³-hybridized carbons (Fsp3) is 0.167. The molecule has 0 fully saturated rings. The van der Waals surface area contributed by atoms with E-state index < -0.39 is 0 Å². The van der Waals surface area contributed by atoms with Crippen LogP contribution in [0.15, 0.2) is 29.3 Å². The summed E-state index contributed by atoms with van der Waals surface area (Å²) in [6.45, 7) is 7.59. The van der Waals surface area contributed by atoms with Crippen molar-refractivity contribution in [1.82, 2.24) is 10.1 Å². The molecule has 15 heavy (non-hydrogen) atoms. The Balaban J connectivity index is 2.50. The Hall–Kier alpha value is -1.90. The van der Waals surface area contributed by atoms with Crippen LogP contribution in [-0.2, 0) is 0 Å². The van der Waals surface area contributed by atoms with Crippen LogP contribution < -0.4 is 0 Å². The summed E-state index contributed by atoms with van der Waals surface area (Å²) < 4.78 is 4.94. The van der Waals surface area contributed by atoms with E-state index in [1.54, 1.807) is 6.92 Å². The van der Waals surface area contributed by atoms with Crippen molar-refractivity contribution in [2.45, 2.75) is 13.8 Å². The van der Waals surface area contributed by atoms with Gasteiger partial charge in [-0.15, -0.1) is 0 Å². The minimum absolute atomic E-state index is 0.575. The Morgan fingerprint density at radius 2 is 2.13 bits per heavy atom. The number of aromatic nitrogens is 2. The number of hydrogen-bond acceptors (Lipinski definition) is 3. The quantitative estimate of drug-likeness (QED) is 0.748. The zero-order valence-corrected chi connectivity index (χ0v) is 8.82. The second kappa shape index (κ2) is 3.69. The molecule has 3 nitrogen and oxygen atoms in total. The summed E-state index contributed by atoms with van der Waals surface area (Å²) in [4.78, 5) is 4.17. The molecule has 1 heterocycles. The minimum Gasteiger partial charge on any atom is -0.339 e. The van der Waals surface area contributed by atoms with Gasteiger partial charge in [-0.1, -0.05) is 29.9 Å². The number of hydrogen-bond donors (Lipinski definition) is 0. The summed E-state index contributed by atoms with van der Waals surface area (Å²) in [5.74, 6) is 1.20. The molecule has 0 atom stereocenters. The van der Waals surface area contributed by atoms with Gasteiger partial charge in [0.2, 0.25) is 11.7 Å². The van der Waals surface area contributed by atoms with Gasteiger partial charge in [0.1, 0.15) is 0 Å². The zero-order chi connectivity index (χ0) is 10.8. The Morgan fingerprint density at radius 3 is 2.73 bits per heavy atom. The summed E-state index contributed by atoms with van der Waals surface area (Å²) in [5, 5.41) is 3.87. The molecule has 0 spiro atoms. The third-order valence-electron chi connectivity index (χ3n) is 2.28. The molecule has 0 aliphatic rings. The standard InChI is InChI=1S/C12H12N2O/c1-4-10-7-11(6-5-8(10)2)12-13-9(3)15-14-12/h4-7H,1H2,2-3H3. The molecule has 76 valence electrons. The van der Waals surface area contributed by atoms with Crippen LogP contribution in [0.2, 0.25) is 0 Å². The first-order chi connectivity index (χ1) is 7.20. The van der Waals surface area contributed by atoms with E-state index >= 15 is 0 Å². The first-order valence-electron chi connectivity index (χ1n) is 4.74. The second-order valence-corrected chi connectivity index (χ2v) is 3.41. The smallest absolute Gasteiger partial charge is 0.223 e. The van der Waals surface area contributed by atoms with Gasteiger partial charge in [0.05, 0.1) is 0 Å². The van der Waals surface area contributed by atoms with Crippen LogP contribution in [0, 0.1) is 13.8 Å². The molecule has 0 amide bonds. The van der Waals surface area contributed by atoms with Crippen LogP contribution in [0.3, 0.4) is 0 Å². The molecule has 1 aromatic carbocycles. The molecule has 0 bridgehead atoms. The van der Waals surface area contributed by atoms with Crippen molar-refractivity contribution in [2.75, 3.05) is 0 Å². The number of nitrogens with zero attached hydrogens (tertiary/aromatic N) is 2. The van der Waals surface area contributed by atoms with Gasteiger partial charge < -0.3 is 4.52 Å². The maximum atomic E-state index is 4.94. The van der Waals surface area contributed by atoms with E-state index in [4.69, 9.17) is 4.52 Å². The maximum absolute atomic E-state index is 4.94. The third-order valence-corrected chi connectivity index (χ3v) is 2.28. The largest absolute Gasteiger partial charge is 0.339 e. The van der Waals surface area contributed by atoms with Gasteiger partial charge in [-0.3, -0.25) is 0 Å². The lowest BCUT2D eigenvalue weighted by atomic mass is 10.0. The van der Waals surface area contributed by atoms with Crippen molar-refractivity contribution in [2.24, 2.45) is 0 Å². The maximum Gasteiger partial charge on any atom is 0.223 e. The molecule has 3 heteroatoms. The van der Waals surface area contributed by atoms with Crippen molar-refractivity contribution in [3.8, 4) is 11.4 Å². The van der Waals surface area contributed by atoms with Crippen molar-refractivity contribution in [1.29, 1.82) is 0 Å². The molecule has 0 aliphatic heterocycles. The Bertz CT molecular complexity index is 500. The van der Waals surface area contributed by atoms with Gasteiger partial charge in [-0.2, -0.15) is 4.98 Å². The van der Waals surface area contributed by atoms with Crippen LogP contribution in [-0.4, -0.2) is 10.1 Å². The summed E-state index contributed by atoms with van der Waals surface area (Å²) in [5.41, 5.74) is 3.23. The molecular formula is C12H12N2O. The fourth-order valence-electron chi connectivity index (χ4n) is 1.42. The van der Waals surface area contributed by atoms with Gasteiger partial charge in [0, 0.05) is 12.5 Å². The minimum atomic E-state index is 0.575. The Morgan fingerprint density at radius 1 is 1.33 bits per heavy atom. The monoisotopic (exact) mass is 200 g/mol. The van der Waals surface area contributed by atoms with Crippen LogP contribution in [0.4, 0.5) is 0 Å². The third kappa shape index (κ3) is 1.81. The van der Waals surface area contributed by atoms with E-state index in [-0.39, 0.29) is 0 Å². The topological polar surface area (TPSA) is 38.9 Å². The molecule has 0 N–H and O–H groups in total. The summed E-state index contributed by atoms with van der Waals surface area (Å²) in [7, 11) is 0. The normalized spacial score (nSPS) is 10.3. The zero-order valence-electron chi connectivity index (χ0n) is 8.82. The highest BCUT2D eigenvalue weighted by atomic mass is 16.5. The van der Waals surface area contributed by atoms with Crippen molar-refractivity contribution >= 4 is 6.08 Å². The summed E-state index contributed by atoms with van der Waals surface area (Å²) in [6, 6.07) is 6.01. The number of rotatable bonds is 2. The first kappa shape index (κ1) is 9.65. The molecule has 1 aromatic heterocycles. The first-order valence-corrected chi connectivity index (χ1v) is 4.74. The highest BCUT2D eigenvalue weighted by Crippen LogP contribution is 2.20. The lowest BCUT2D eigenvalue weighted by Gasteiger charge is -2.01. The predicted molar refractivity (Wildman–Crippen MR) is 59.3 cm³/mol. The predicted octanol–water partition coefficient (Wildman–Crippen LogP) is 3.00. The second-order valence-electron chi connectivity index (χ2n) is 3.41. The van der Waals surface area contributed by atoms with Crippen LogP contribution in [0.1, 0.15) is 17.0 Å². The van der Waals surface area contributed by atoms with Crippen LogP contribution >= 0.6 is 0 Å². The van der Waals surface area contributed by atoms with Gasteiger partial charge in [0.25, 0.3) is 0 Å². The van der Waals surface area contributed by atoms with Gasteiger partial charge in [-0.25, -0.2) is 0 Å². The molecule has 0 unspecified atom stereocenters. The Kier molecular flexibility index (Phi) is 2.37. The van der Waals surface area contributed by atoms with E-state index in [9.17, 15) is 0 Å². The fourth-order valence-corrected chi connectivity index (χ4v) is 1.42. The van der Waals surface area contributed by atoms with E-state index in [1.807, 2.05) is 31.2 Å². The van der Waals surface area contributed by atoms with Crippen LogP contribution in [0.5, 0.6) is 0 Å². The number of benzene rings is 1. The van der Waals surface area contributed by atoms with E-state index in [2.05, 4.69) is 16.7 Å². The Labute approximate surface area is 88.4 Å². The van der Waals surface area contributed by atoms with Crippen molar-refractivity contribution in [3.63, 3.8) is 0 Å². The molecule has 2 aromatic rings. The van der Waals surface area contributed by atoms with Gasteiger partial charge in [0.15, 0.2) is 0 Å². The molecule has 2 rings (SSSR count). The van der Waals surface area contributed by atoms with Crippen LogP contribution in [0.25, 0.3) is 17.5 Å². The molecular weight excluding hydrogens is 188 g/mol. The number of aryl methyl sites for hydroxylation is 2. The van der Waals surface area contributed by atoms with Gasteiger partial charge in [-0.05, 0) is 24.1 Å². The molecule has 0 radical (unpaired) electrons. The van der Waals surface area contributed by atoms with E-state index in [1.165, 1.54) is 5.56 Å². The van der Waals surface area contributed by atoms with Crippen molar-refractivity contribution < 1.29 is 4.52 Å². The van der Waals surface area contributed by atoms with E-state index in [0.29, 0.717) is 11.7 Å².